The van der Waals surface area contributed by atoms with E-state index >= 15 is 0 Å². The van der Waals surface area contributed by atoms with E-state index in [1.807, 2.05) is 0 Å². The summed E-state index contributed by atoms with van der Waals surface area (Å²) >= 11 is 0. The smallest absolute Gasteiger partial charge is 0.308 e. The molecule has 4 nitrogen and oxygen atoms in total. The molecule has 0 radical (unpaired) electrons. The number of rotatable bonds is 2. The van der Waals surface area contributed by atoms with Crippen LogP contribution in [0.4, 0.5) is 0 Å². The molecule has 1 N–H and O–H groups in total. The van der Waals surface area contributed by atoms with Crippen LogP contribution in [0.5, 0.6) is 0 Å². The van der Waals surface area contributed by atoms with Gasteiger partial charge in [-0.15, -0.1) is 0 Å². The van der Waals surface area contributed by atoms with Gasteiger partial charge in [-0.2, -0.15) is 0 Å². The van der Waals surface area contributed by atoms with Gasteiger partial charge in [0.15, 0.2) is 0 Å². The van der Waals surface area contributed by atoms with Crippen molar-refractivity contribution in [3.63, 3.8) is 0 Å². The molecular formula is C12H19NO3. The van der Waals surface area contributed by atoms with Crippen molar-refractivity contribution in [1.82, 2.24) is 4.90 Å². The lowest BCUT2D eigenvalue weighted by Crippen LogP contribution is -2.43. The summed E-state index contributed by atoms with van der Waals surface area (Å²) in [5.41, 5.74) is 0.132. The third-order valence-corrected chi connectivity index (χ3v) is 3.89. The highest BCUT2D eigenvalue weighted by atomic mass is 16.4. The average Bonchev–Trinajstić information content (AvgIpc) is 2.87. The molecule has 90 valence electrons. The first kappa shape index (κ1) is 11.4. The summed E-state index contributed by atoms with van der Waals surface area (Å²) in [6, 6.07) is 0. The Bertz CT molecular complexity index is 324. The number of aliphatic carboxylic acids is 1. The van der Waals surface area contributed by atoms with Gasteiger partial charge in [-0.3, -0.25) is 9.59 Å². The molecule has 16 heavy (non-hydrogen) atoms. The minimum absolute atomic E-state index is 0.125. The normalized spacial score (nSPS) is 32.2. The van der Waals surface area contributed by atoms with E-state index in [1.54, 1.807) is 4.90 Å². The SMILES string of the molecule is CC1(C)CC1C(=O)N1CCCC(C(=O)O)C1. The molecule has 0 aromatic carbocycles. The third-order valence-electron chi connectivity index (χ3n) is 3.89. The van der Waals surface area contributed by atoms with Crippen LogP contribution in [0.25, 0.3) is 0 Å². The van der Waals surface area contributed by atoms with Gasteiger partial charge in [0.1, 0.15) is 0 Å². The molecule has 2 atom stereocenters. The first-order chi connectivity index (χ1) is 7.42. The molecule has 4 heteroatoms. The maximum absolute atomic E-state index is 12.1. The topological polar surface area (TPSA) is 57.6 Å². The highest BCUT2D eigenvalue weighted by Gasteiger charge is 2.52. The molecule has 0 bridgehead atoms. The molecule has 0 spiro atoms. The van der Waals surface area contributed by atoms with E-state index in [2.05, 4.69) is 13.8 Å². The minimum atomic E-state index is -0.771. The second-order valence-corrected chi connectivity index (χ2v) is 5.71. The molecule has 0 aromatic heterocycles. The maximum atomic E-state index is 12.1. The average molecular weight is 225 g/mol. The van der Waals surface area contributed by atoms with Gasteiger partial charge in [0.25, 0.3) is 0 Å². The zero-order valence-electron chi connectivity index (χ0n) is 9.90. The lowest BCUT2D eigenvalue weighted by atomic mass is 9.97. The van der Waals surface area contributed by atoms with E-state index in [1.165, 1.54) is 0 Å². The predicted molar refractivity (Wildman–Crippen MR) is 58.8 cm³/mol. The summed E-state index contributed by atoms with van der Waals surface area (Å²) in [4.78, 5) is 24.7. The molecule has 1 saturated carbocycles. The van der Waals surface area contributed by atoms with Gasteiger partial charge < -0.3 is 10.0 Å². The Labute approximate surface area is 95.6 Å². The lowest BCUT2D eigenvalue weighted by molar-refractivity contribution is -0.146. The second kappa shape index (κ2) is 3.75. The summed E-state index contributed by atoms with van der Waals surface area (Å²) in [5, 5.41) is 8.96. The molecule has 2 rings (SSSR count). The number of carboxylic acids is 1. The molecule has 2 fully saturated rings. The van der Waals surface area contributed by atoms with Crippen molar-refractivity contribution in [3.05, 3.63) is 0 Å². The number of carboxylic acid groups (broad SMARTS) is 1. The van der Waals surface area contributed by atoms with Crippen molar-refractivity contribution >= 4 is 11.9 Å². The Morgan fingerprint density at radius 2 is 2.00 bits per heavy atom. The van der Waals surface area contributed by atoms with Crippen molar-refractivity contribution in [2.24, 2.45) is 17.3 Å². The number of nitrogens with zero attached hydrogens (tertiary/aromatic N) is 1. The number of carbonyl (C=O) groups is 2. The van der Waals surface area contributed by atoms with Crippen LogP contribution in [0.15, 0.2) is 0 Å². The zero-order chi connectivity index (χ0) is 11.9. The molecule has 1 amide bonds. The largest absolute Gasteiger partial charge is 0.481 e. The van der Waals surface area contributed by atoms with E-state index in [9.17, 15) is 9.59 Å². The fourth-order valence-corrected chi connectivity index (χ4v) is 2.49. The van der Waals surface area contributed by atoms with E-state index in [4.69, 9.17) is 5.11 Å². The Morgan fingerprint density at radius 1 is 1.38 bits per heavy atom. The van der Waals surface area contributed by atoms with Crippen molar-refractivity contribution in [2.45, 2.75) is 33.1 Å². The van der Waals surface area contributed by atoms with E-state index in [-0.39, 0.29) is 23.2 Å². The quantitative estimate of drug-likeness (QED) is 0.772. The lowest BCUT2D eigenvalue weighted by Gasteiger charge is -2.31. The maximum Gasteiger partial charge on any atom is 0.308 e. The number of hydrogen-bond acceptors (Lipinski definition) is 2. The second-order valence-electron chi connectivity index (χ2n) is 5.71. The summed E-state index contributed by atoms with van der Waals surface area (Å²) in [7, 11) is 0. The molecule has 1 aliphatic carbocycles. The first-order valence-electron chi connectivity index (χ1n) is 5.93. The zero-order valence-corrected chi connectivity index (χ0v) is 9.90. The molecule has 1 aliphatic heterocycles. The summed E-state index contributed by atoms with van der Waals surface area (Å²) in [5.74, 6) is -0.844. The standard InChI is InChI=1S/C12H19NO3/c1-12(2)6-9(12)10(14)13-5-3-4-8(7-13)11(15)16/h8-9H,3-7H2,1-2H3,(H,15,16). The van der Waals surface area contributed by atoms with Gasteiger partial charge >= 0.3 is 5.97 Å². The van der Waals surface area contributed by atoms with E-state index in [0.717, 1.165) is 19.4 Å². The van der Waals surface area contributed by atoms with Crippen molar-refractivity contribution < 1.29 is 14.7 Å². The van der Waals surface area contributed by atoms with E-state index < -0.39 is 5.97 Å². The number of carbonyl (C=O) groups excluding carboxylic acids is 1. The van der Waals surface area contributed by atoms with Gasteiger partial charge in [-0.05, 0) is 24.7 Å². The van der Waals surface area contributed by atoms with E-state index in [0.29, 0.717) is 13.0 Å². The van der Waals surface area contributed by atoms with Gasteiger partial charge in [-0.25, -0.2) is 0 Å². The van der Waals surface area contributed by atoms with Crippen LogP contribution in [-0.4, -0.2) is 35.0 Å². The molecule has 2 aliphatic rings. The van der Waals surface area contributed by atoms with Crippen LogP contribution in [-0.2, 0) is 9.59 Å². The van der Waals surface area contributed by atoms with Crippen LogP contribution in [0.2, 0.25) is 0 Å². The van der Waals surface area contributed by atoms with Crippen molar-refractivity contribution in [2.75, 3.05) is 13.1 Å². The highest BCUT2D eigenvalue weighted by molar-refractivity contribution is 5.83. The van der Waals surface area contributed by atoms with Crippen molar-refractivity contribution in [3.8, 4) is 0 Å². The Hall–Kier alpha value is -1.06. The first-order valence-corrected chi connectivity index (χ1v) is 5.93. The van der Waals surface area contributed by atoms with Crippen LogP contribution >= 0.6 is 0 Å². The molecule has 1 heterocycles. The summed E-state index contributed by atoms with van der Waals surface area (Å²) < 4.78 is 0. The minimum Gasteiger partial charge on any atom is -0.481 e. The predicted octanol–water partition coefficient (Wildman–Crippen LogP) is 1.36. The highest BCUT2D eigenvalue weighted by Crippen LogP contribution is 2.52. The van der Waals surface area contributed by atoms with Gasteiger partial charge in [-0.1, -0.05) is 13.8 Å². The summed E-state index contributed by atoms with van der Waals surface area (Å²) in [6.07, 6.45) is 2.46. The molecule has 1 saturated heterocycles. The molecule has 2 unspecified atom stereocenters. The number of hydrogen-bond donors (Lipinski definition) is 1. The molecule has 0 aromatic rings. The van der Waals surface area contributed by atoms with Crippen LogP contribution in [0.1, 0.15) is 33.1 Å². The van der Waals surface area contributed by atoms with Gasteiger partial charge in [0.2, 0.25) is 5.91 Å². The Morgan fingerprint density at radius 3 is 2.50 bits per heavy atom. The molecular weight excluding hydrogens is 206 g/mol. The van der Waals surface area contributed by atoms with Gasteiger partial charge in [0, 0.05) is 19.0 Å². The number of likely N-dealkylation sites (tertiary alicyclic amines) is 1. The fourth-order valence-electron chi connectivity index (χ4n) is 2.49. The number of piperidine rings is 1. The van der Waals surface area contributed by atoms with Crippen LogP contribution < -0.4 is 0 Å². The third kappa shape index (κ3) is 2.06. The Balaban J connectivity index is 1.95. The van der Waals surface area contributed by atoms with Crippen LogP contribution in [0, 0.1) is 17.3 Å². The van der Waals surface area contributed by atoms with Gasteiger partial charge in [0.05, 0.1) is 5.92 Å². The number of amides is 1. The van der Waals surface area contributed by atoms with Crippen molar-refractivity contribution in [1.29, 1.82) is 0 Å². The summed E-state index contributed by atoms with van der Waals surface area (Å²) in [6.45, 7) is 5.32. The van der Waals surface area contributed by atoms with Crippen LogP contribution in [0.3, 0.4) is 0 Å². The monoisotopic (exact) mass is 225 g/mol. The fraction of sp³-hybridized carbons (Fsp3) is 0.833. The Kier molecular flexibility index (Phi) is 2.68.